The lowest BCUT2D eigenvalue weighted by molar-refractivity contribution is -0.126. The predicted molar refractivity (Wildman–Crippen MR) is 114 cm³/mol. The SMILES string of the molecule is CC(C)[C@@H](NC(=O)[C@H]1CCCN(c2ccc(Cl)nn2)C1)c1nc2ccccc2[nH]1. The molecule has 1 aliphatic heterocycles. The molecule has 0 aliphatic carbocycles. The molecule has 0 saturated carbocycles. The molecule has 29 heavy (non-hydrogen) atoms. The number of aromatic nitrogens is 4. The number of hydrogen-bond acceptors (Lipinski definition) is 5. The van der Waals surface area contributed by atoms with Gasteiger partial charge in [0.2, 0.25) is 5.91 Å². The van der Waals surface area contributed by atoms with Gasteiger partial charge >= 0.3 is 0 Å². The van der Waals surface area contributed by atoms with Crippen molar-refractivity contribution in [2.45, 2.75) is 32.7 Å². The van der Waals surface area contributed by atoms with E-state index in [4.69, 9.17) is 16.6 Å². The van der Waals surface area contributed by atoms with E-state index in [0.29, 0.717) is 11.7 Å². The zero-order valence-corrected chi connectivity index (χ0v) is 17.4. The van der Waals surface area contributed by atoms with Crippen molar-refractivity contribution in [3.63, 3.8) is 0 Å². The van der Waals surface area contributed by atoms with E-state index in [-0.39, 0.29) is 23.8 Å². The minimum Gasteiger partial charge on any atom is -0.354 e. The van der Waals surface area contributed by atoms with E-state index >= 15 is 0 Å². The maximum Gasteiger partial charge on any atom is 0.225 e. The average molecular weight is 413 g/mol. The van der Waals surface area contributed by atoms with E-state index in [2.05, 4.69) is 39.2 Å². The van der Waals surface area contributed by atoms with E-state index in [0.717, 1.165) is 42.1 Å². The summed E-state index contributed by atoms with van der Waals surface area (Å²) >= 11 is 5.84. The third kappa shape index (κ3) is 4.34. The van der Waals surface area contributed by atoms with Gasteiger partial charge in [0.1, 0.15) is 5.82 Å². The highest BCUT2D eigenvalue weighted by molar-refractivity contribution is 6.29. The van der Waals surface area contributed by atoms with Crippen LogP contribution in [0.4, 0.5) is 5.82 Å². The number of imidazole rings is 1. The molecule has 3 heterocycles. The van der Waals surface area contributed by atoms with Crippen LogP contribution in [-0.2, 0) is 4.79 Å². The Kier molecular flexibility index (Phi) is 5.67. The van der Waals surface area contributed by atoms with Crippen LogP contribution in [0.1, 0.15) is 38.6 Å². The van der Waals surface area contributed by atoms with Gasteiger partial charge < -0.3 is 15.2 Å². The molecule has 0 bridgehead atoms. The molecular weight excluding hydrogens is 388 g/mol. The van der Waals surface area contributed by atoms with Crippen molar-refractivity contribution in [3.8, 4) is 0 Å². The number of para-hydroxylation sites is 2. The lowest BCUT2D eigenvalue weighted by Crippen LogP contribution is -2.45. The van der Waals surface area contributed by atoms with Crippen LogP contribution in [0.15, 0.2) is 36.4 Å². The first-order valence-electron chi connectivity index (χ1n) is 10.0. The number of nitrogens with zero attached hydrogens (tertiary/aromatic N) is 4. The lowest BCUT2D eigenvalue weighted by Gasteiger charge is -2.33. The molecular formula is C21H25ClN6O. The van der Waals surface area contributed by atoms with Gasteiger partial charge in [-0.15, -0.1) is 10.2 Å². The molecule has 0 unspecified atom stereocenters. The number of halogens is 1. The van der Waals surface area contributed by atoms with Gasteiger partial charge in [-0.1, -0.05) is 37.6 Å². The van der Waals surface area contributed by atoms with Crippen LogP contribution in [0.25, 0.3) is 11.0 Å². The van der Waals surface area contributed by atoms with E-state index < -0.39 is 0 Å². The fourth-order valence-corrected chi connectivity index (χ4v) is 3.92. The van der Waals surface area contributed by atoms with Crippen LogP contribution >= 0.6 is 11.6 Å². The number of aromatic amines is 1. The highest BCUT2D eigenvalue weighted by Crippen LogP contribution is 2.26. The number of H-pyrrole nitrogens is 1. The normalized spacial score (nSPS) is 18.2. The molecule has 1 aromatic carbocycles. The second kappa shape index (κ2) is 8.37. The Labute approximate surface area is 174 Å². The van der Waals surface area contributed by atoms with E-state index in [1.54, 1.807) is 6.07 Å². The molecule has 1 fully saturated rings. The van der Waals surface area contributed by atoms with Crippen molar-refractivity contribution >= 4 is 34.4 Å². The standard InChI is InChI=1S/C21H25ClN6O/c1-13(2)19(20-23-15-7-3-4-8-16(15)24-20)25-21(29)14-6-5-11-28(12-14)18-10-9-17(22)26-27-18/h3-4,7-10,13-14,19H,5-6,11-12H2,1-2H3,(H,23,24)(H,25,29)/t14-,19+/m0/s1. The van der Waals surface area contributed by atoms with E-state index in [1.807, 2.05) is 30.3 Å². The monoisotopic (exact) mass is 412 g/mol. The molecule has 152 valence electrons. The Balaban J connectivity index is 1.48. The van der Waals surface area contributed by atoms with Gasteiger partial charge in [0.15, 0.2) is 11.0 Å². The number of carbonyl (C=O) groups excluding carboxylic acids is 1. The maximum absolute atomic E-state index is 13.1. The number of fused-ring (bicyclic) bond motifs is 1. The molecule has 2 N–H and O–H groups in total. The van der Waals surface area contributed by atoms with Crippen molar-refractivity contribution in [3.05, 3.63) is 47.4 Å². The number of rotatable bonds is 5. The summed E-state index contributed by atoms with van der Waals surface area (Å²) < 4.78 is 0. The Morgan fingerprint density at radius 1 is 1.24 bits per heavy atom. The topological polar surface area (TPSA) is 86.8 Å². The number of anilines is 1. The van der Waals surface area contributed by atoms with Gasteiger partial charge in [0.25, 0.3) is 0 Å². The van der Waals surface area contributed by atoms with Gasteiger partial charge in [-0.05, 0) is 43.0 Å². The van der Waals surface area contributed by atoms with Crippen LogP contribution in [0.3, 0.4) is 0 Å². The molecule has 0 spiro atoms. The van der Waals surface area contributed by atoms with Crippen molar-refractivity contribution in [2.24, 2.45) is 11.8 Å². The summed E-state index contributed by atoms with van der Waals surface area (Å²) in [5.74, 6) is 1.71. The molecule has 4 rings (SSSR count). The second-order valence-electron chi connectivity index (χ2n) is 7.87. The third-order valence-corrected chi connectivity index (χ3v) is 5.60. The minimum atomic E-state index is -0.166. The zero-order chi connectivity index (χ0) is 20.4. The van der Waals surface area contributed by atoms with E-state index in [9.17, 15) is 4.79 Å². The van der Waals surface area contributed by atoms with Gasteiger partial charge in [-0.3, -0.25) is 4.79 Å². The first kappa shape index (κ1) is 19.6. The summed E-state index contributed by atoms with van der Waals surface area (Å²) in [6.07, 6.45) is 1.79. The minimum absolute atomic E-state index is 0.0516. The maximum atomic E-state index is 13.1. The molecule has 0 radical (unpaired) electrons. The van der Waals surface area contributed by atoms with Gasteiger partial charge in [0.05, 0.1) is 23.0 Å². The average Bonchev–Trinajstić information content (AvgIpc) is 3.16. The Bertz CT molecular complexity index is 953. The summed E-state index contributed by atoms with van der Waals surface area (Å²) in [5.41, 5.74) is 1.89. The zero-order valence-electron chi connectivity index (χ0n) is 16.6. The van der Waals surface area contributed by atoms with Crippen LogP contribution in [0.2, 0.25) is 5.15 Å². The molecule has 3 aromatic rings. The predicted octanol–water partition coefficient (Wildman–Crippen LogP) is 3.74. The number of nitrogens with one attached hydrogen (secondary N) is 2. The summed E-state index contributed by atoms with van der Waals surface area (Å²) in [7, 11) is 0. The highest BCUT2D eigenvalue weighted by atomic mass is 35.5. The molecule has 1 amide bonds. The largest absolute Gasteiger partial charge is 0.354 e. The molecule has 2 aromatic heterocycles. The number of hydrogen-bond donors (Lipinski definition) is 2. The molecule has 1 aliphatic rings. The Morgan fingerprint density at radius 3 is 2.79 bits per heavy atom. The molecule has 7 nitrogen and oxygen atoms in total. The van der Waals surface area contributed by atoms with Crippen molar-refractivity contribution in [2.75, 3.05) is 18.0 Å². The second-order valence-corrected chi connectivity index (χ2v) is 8.26. The quantitative estimate of drug-likeness (QED) is 0.666. The number of piperidine rings is 1. The van der Waals surface area contributed by atoms with Crippen molar-refractivity contribution in [1.82, 2.24) is 25.5 Å². The Morgan fingerprint density at radius 2 is 2.07 bits per heavy atom. The van der Waals surface area contributed by atoms with Crippen LogP contribution in [0.5, 0.6) is 0 Å². The van der Waals surface area contributed by atoms with Crippen molar-refractivity contribution < 1.29 is 4.79 Å². The molecule has 1 saturated heterocycles. The highest BCUT2D eigenvalue weighted by Gasteiger charge is 2.30. The summed E-state index contributed by atoms with van der Waals surface area (Å²) in [6.45, 7) is 5.66. The van der Waals surface area contributed by atoms with Crippen molar-refractivity contribution in [1.29, 1.82) is 0 Å². The fraction of sp³-hybridized carbons (Fsp3) is 0.429. The smallest absolute Gasteiger partial charge is 0.225 e. The van der Waals surface area contributed by atoms with Crippen LogP contribution in [-0.4, -0.2) is 39.2 Å². The van der Waals surface area contributed by atoms with Gasteiger partial charge in [-0.2, -0.15) is 0 Å². The van der Waals surface area contributed by atoms with Crippen LogP contribution < -0.4 is 10.2 Å². The van der Waals surface area contributed by atoms with Gasteiger partial charge in [0, 0.05) is 13.1 Å². The molecule has 8 heteroatoms. The Hall–Kier alpha value is -2.67. The summed E-state index contributed by atoms with van der Waals surface area (Å²) in [4.78, 5) is 23.2. The third-order valence-electron chi connectivity index (χ3n) is 5.40. The fourth-order valence-electron chi connectivity index (χ4n) is 3.82. The number of benzene rings is 1. The number of amides is 1. The summed E-state index contributed by atoms with van der Waals surface area (Å²) in [6, 6.07) is 11.3. The van der Waals surface area contributed by atoms with E-state index in [1.165, 1.54) is 0 Å². The number of carbonyl (C=O) groups is 1. The molecule has 2 atom stereocenters. The summed E-state index contributed by atoms with van der Waals surface area (Å²) in [5, 5.41) is 11.7. The van der Waals surface area contributed by atoms with Gasteiger partial charge in [-0.25, -0.2) is 4.98 Å². The first-order valence-corrected chi connectivity index (χ1v) is 10.4. The lowest BCUT2D eigenvalue weighted by atomic mass is 9.95. The first-order chi connectivity index (χ1) is 14.0. The van der Waals surface area contributed by atoms with Crippen LogP contribution in [0, 0.1) is 11.8 Å².